The third-order valence-electron chi connectivity index (χ3n) is 1.76. The topological polar surface area (TPSA) is 98.6 Å². The molecule has 1 aromatic rings. The molecule has 0 aliphatic heterocycles. The third kappa shape index (κ3) is 3.10. The Hall–Kier alpha value is -1.82. The number of phenols is 1. The van der Waals surface area contributed by atoms with Crippen molar-refractivity contribution in [2.45, 2.75) is 6.42 Å². The Kier molecular flexibility index (Phi) is 3.87. The molecule has 82 valence electrons. The Bertz CT molecular complexity index is 354. The molecular weight excluding hydrogens is 200 g/mol. The van der Waals surface area contributed by atoms with Crippen molar-refractivity contribution in [1.82, 2.24) is 0 Å². The molecule has 1 rings (SSSR count). The van der Waals surface area contributed by atoms with E-state index < -0.39 is 4.92 Å². The number of rotatable bonds is 5. The van der Waals surface area contributed by atoms with Crippen LogP contribution in [-0.4, -0.2) is 23.2 Å². The molecule has 0 spiro atoms. The van der Waals surface area contributed by atoms with Crippen LogP contribution in [0, 0.1) is 10.1 Å². The van der Waals surface area contributed by atoms with Gasteiger partial charge in [-0.15, -0.1) is 0 Å². The highest BCUT2D eigenvalue weighted by Crippen LogP contribution is 2.29. The maximum atomic E-state index is 10.5. The van der Waals surface area contributed by atoms with Crippen molar-refractivity contribution >= 4 is 5.69 Å². The second-order valence-corrected chi connectivity index (χ2v) is 2.90. The number of hydrogen-bond donors (Lipinski definition) is 2. The normalized spacial score (nSPS) is 9.93. The summed E-state index contributed by atoms with van der Waals surface area (Å²) in [5.74, 6) is -0.0147. The summed E-state index contributed by atoms with van der Waals surface area (Å²) in [4.78, 5) is 9.81. The summed E-state index contributed by atoms with van der Waals surface area (Å²) >= 11 is 0. The Balaban J connectivity index is 2.74. The van der Waals surface area contributed by atoms with E-state index in [1.165, 1.54) is 18.2 Å². The predicted molar refractivity (Wildman–Crippen MR) is 53.9 cm³/mol. The molecule has 3 N–H and O–H groups in total. The van der Waals surface area contributed by atoms with Crippen LogP contribution in [0.1, 0.15) is 6.42 Å². The van der Waals surface area contributed by atoms with Gasteiger partial charge in [0.25, 0.3) is 0 Å². The summed E-state index contributed by atoms with van der Waals surface area (Å²) in [5, 5.41) is 19.6. The number of nitro groups is 1. The maximum absolute atomic E-state index is 10.5. The third-order valence-corrected chi connectivity index (χ3v) is 1.76. The molecule has 0 aliphatic carbocycles. The van der Waals surface area contributed by atoms with E-state index >= 15 is 0 Å². The van der Waals surface area contributed by atoms with Crippen LogP contribution in [-0.2, 0) is 0 Å². The number of hydrogen-bond acceptors (Lipinski definition) is 5. The van der Waals surface area contributed by atoms with Gasteiger partial charge in [-0.1, -0.05) is 0 Å². The first-order valence-corrected chi connectivity index (χ1v) is 4.45. The highest BCUT2D eigenvalue weighted by molar-refractivity contribution is 5.49. The highest BCUT2D eigenvalue weighted by Gasteiger charge is 2.13. The van der Waals surface area contributed by atoms with Crippen LogP contribution in [0.5, 0.6) is 11.5 Å². The standard InChI is InChI=1S/C9H12N2O4/c10-4-1-5-15-7-2-3-9(12)8(6-7)11(13)14/h2-3,6,12H,1,4-5,10H2. The fourth-order valence-corrected chi connectivity index (χ4v) is 1.01. The molecule has 0 fully saturated rings. The van der Waals surface area contributed by atoms with Gasteiger partial charge in [0.05, 0.1) is 17.6 Å². The first-order valence-electron chi connectivity index (χ1n) is 4.45. The molecule has 1 aromatic carbocycles. The van der Waals surface area contributed by atoms with Gasteiger partial charge in [-0.05, 0) is 25.1 Å². The van der Waals surface area contributed by atoms with Crippen molar-refractivity contribution in [1.29, 1.82) is 0 Å². The minimum atomic E-state index is -0.662. The van der Waals surface area contributed by atoms with Gasteiger partial charge >= 0.3 is 5.69 Å². The molecule has 0 heterocycles. The molecule has 6 heteroatoms. The summed E-state index contributed by atoms with van der Waals surface area (Å²) in [6.07, 6.45) is 0.675. The monoisotopic (exact) mass is 212 g/mol. The van der Waals surface area contributed by atoms with Crippen molar-refractivity contribution in [3.8, 4) is 11.5 Å². The zero-order chi connectivity index (χ0) is 11.3. The fraction of sp³-hybridized carbons (Fsp3) is 0.333. The maximum Gasteiger partial charge on any atom is 0.314 e. The molecule has 0 atom stereocenters. The lowest BCUT2D eigenvalue weighted by Crippen LogP contribution is -2.06. The summed E-state index contributed by atoms with van der Waals surface area (Å²) in [6.45, 7) is 0.901. The zero-order valence-electron chi connectivity index (χ0n) is 8.05. The van der Waals surface area contributed by atoms with Gasteiger partial charge in [0, 0.05) is 0 Å². The van der Waals surface area contributed by atoms with Gasteiger partial charge in [0.2, 0.25) is 0 Å². The summed E-state index contributed by atoms with van der Waals surface area (Å²) < 4.78 is 5.20. The van der Waals surface area contributed by atoms with Crippen LogP contribution in [0.15, 0.2) is 18.2 Å². The van der Waals surface area contributed by atoms with E-state index in [0.29, 0.717) is 25.3 Å². The number of phenolic OH excluding ortho intramolecular Hbond substituents is 1. The minimum absolute atomic E-state index is 0.355. The second kappa shape index (κ2) is 5.16. The predicted octanol–water partition coefficient (Wildman–Crippen LogP) is 1.03. The number of nitrogens with zero attached hydrogens (tertiary/aromatic N) is 1. The molecule has 0 bridgehead atoms. The molecule has 15 heavy (non-hydrogen) atoms. The molecular formula is C9H12N2O4. The van der Waals surface area contributed by atoms with Crippen molar-refractivity contribution < 1.29 is 14.8 Å². The number of nitro benzene ring substituents is 1. The molecule has 0 saturated carbocycles. The smallest absolute Gasteiger partial charge is 0.314 e. The quantitative estimate of drug-likeness (QED) is 0.431. The first-order chi connectivity index (χ1) is 7.15. The van der Waals surface area contributed by atoms with E-state index in [1.807, 2.05) is 0 Å². The van der Waals surface area contributed by atoms with Crippen molar-refractivity contribution in [2.75, 3.05) is 13.2 Å². The van der Waals surface area contributed by atoms with Crippen molar-refractivity contribution in [3.63, 3.8) is 0 Å². The number of benzene rings is 1. The zero-order valence-corrected chi connectivity index (χ0v) is 8.05. The Labute approximate surface area is 86.4 Å². The van der Waals surface area contributed by atoms with Crippen LogP contribution in [0.25, 0.3) is 0 Å². The van der Waals surface area contributed by atoms with Crippen LogP contribution in [0.2, 0.25) is 0 Å². The average molecular weight is 212 g/mol. The summed E-state index contributed by atoms with van der Waals surface area (Å²) in [5.41, 5.74) is 4.91. The molecule has 6 nitrogen and oxygen atoms in total. The van der Waals surface area contributed by atoms with Gasteiger partial charge in [0.15, 0.2) is 5.75 Å². The van der Waals surface area contributed by atoms with Gasteiger partial charge < -0.3 is 15.6 Å². The van der Waals surface area contributed by atoms with Crippen molar-refractivity contribution in [3.05, 3.63) is 28.3 Å². The molecule has 0 aliphatic rings. The number of nitrogens with two attached hydrogens (primary N) is 1. The van der Waals surface area contributed by atoms with E-state index in [0.717, 1.165) is 0 Å². The van der Waals surface area contributed by atoms with Crippen LogP contribution in [0.3, 0.4) is 0 Å². The van der Waals surface area contributed by atoms with Gasteiger partial charge in [0.1, 0.15) is 5.75 Å². The van der Waals surface area contributed by atoms with E-state index in [4.69, 9.17) is 15.6 Å². The van der Waals surface area contributed by atoms with Crippen LogP contribution in [0.4, 0.5) is 5.69 Å². The van der Waals surface area contributed by atoms with Gasteiger partial charge in [-0.2, -0.15) is 0 Å². The minimum Gasteiger partial charge on any atom is -0.502 e. The fourth-order valence-electron chi connectivity index (χ4n) is 1.01. The second-order valence-electron chi connectivity index (χ2n) is 2.90. The number of aromatic hydroxyl groups is 1. The van der Waals surface area contributed by atoms with Gasteiger partial charge in [-0.25, -0.2) is 0 Å². The van der Waals surface area contributed by atoms with Gasteiger partial charge in [-0.3, -0.25) is 10.1 Å². The van der Waals surface area contributed by atoms with Crippen molar-refractivity contribution in [2.24, 2.45) is 5.73 Å². The van der Waals surface area contributed by atoms with Crippen LogP contribution < -0.4 is 10.5 Å². The summed E-state index contributed by atoms with van der Waals surface area (Å²) in [7, 11) is 0. The SMILES string of the molecule is NCCCOc1ccc(O)c([N+](=O)[O-])c1. The van der Waals surface area contributed by atoms with E-state index in [-0.39, 0.29) is 11.4 Å². The van der Waals surface area contributed by atoms with E-state index in [2.05, 4.69) is 0 Å². The van der Waals surface area contributed by atoms with E-state index in [9.17, 15) is 10.1 Å². The molecule has 0 aromatic heterocycles. The van der Waals surface area contributed by atoms with E-state index in [1.54, 1.807) is 0 Å². The number of ether oxygens (including phenoxy) is 1. The molecule has 0 unspecified atom stereocenters. The largest absolute Gasteiger partial charge is 0.502 e. The lowest BCUT2D eigenvalue weighted by atomic mass is 10.3. The Morgan fingerprint density at radius 2 is 2.27 bits per heavy atom. The molecule has 0 saturated heterocycles. The summed E-state index contributed by atoms with van der Waals surface area (Å²) in [6, 6.07) is 3.89. The average Bonchev–Trinajstić information content (AvgIpc) is 2.20. The Morgan fingerprint density at radius 3 is 2.87 bits per heavy atom. The lowest BCUT2D eigenvalue weighted by Gasteiger charge is -2.05. The first kappa shape index (κ1) is 11.3. The Morgan fingerprint density at radius 1 is 1.53 bits per heavy atom. The highest BCUT2D eigenvalue weighted by atomic mass is 16.6. The van der Waals surface area contributed by atoms with Crippen LogP contribution >= 0.6 is 0 Å². The lowest BCUT2D eigenvalue weighted by molar-refractivity contribution is -0.385. The molecule has 0 radical (unpaired) electrons. The molecule has 0 amide bonds.